The number of benzene rings is 1. The molecule has 104 valence electrons. The van der Waals surface area contributed by atoms with Crippen LogP contribution in [0.5, 0.6) is 11.6 Å². The highest BCUT2D eigenvalue weighted by Gasteiger charge is 2.10. The number of rotatable bonds is 3. The summed E-state index contributed by atoms with van der Waals surface area (Å²) in [5.74, 6) is 1.49. The Hall–Kier alpha value is -2.07. The van der Waals surface area contributed by atoms with Crippen molar-refractivity contribution in [2.24, 2.45) is 0 Å². The van der Waals surface area contributed by atoms with Gasteiger partial charge in [-0.05, 0) is 37.3 Å². The zero-order valence-corrected chi connectivity index (χ0v) is 11.7. The highest BCUT2D eigenvalue weighted by molar-refractivity contribution is 5.50. The average Bonchev–Trinajstić information content (AvgIpc) is 2.51. The van der Waals surface area contributed by atoms with E-state index >= 15 is 0 Å². The van der Waals surface area contributed by atoms with Crippen LogP contribution >= 0.6 is 0 Å². The molecule has 0 atom stereocenters. The molecule has 0 amide bonds. The predicted octanol–water partition coefficient (Wildman–Crippen LogP) is 2.59. The number of ether oxygens (including phenoxy) is 1. The number of pyridine rings is 1. The second-order valence-corrected chi connectivity index (χ2v) is 4.96. The van der Waals surface area contributed by atoms with Gasteiger partial charge >= 0.3 is 0 Å². The first-order valence-corrected chi connectivity index (χ1v) is 6.98. The zero-order chi connectivity index (χ0) is 13.8. The van der Waals surface area contributed by atoms with Crippen LogP contribution in [0.2, 0.25) is 0 Å². The molecule has 0 radical (unpaired) electrons. The fourth-order valence-electron chi connectivity index (χ4n) is 2.34. The van der Waals surface area contributed by atoms with Gasteiger partial charge in [0.2, 0.25) is 5.88 Å². The Bertz CT molecular complexity index is 562. The molecule has 2 heterocycles. The lowest BCUT2D eigenvalue weighted by Crippen LogP contribution is -2.43. The van der Waals surface area contributed by atoms with Crippen molar-refractivity contribution in [3.05, 3.63) is 48.2 Å². The molecule has 4 nitrogen and oxygen atoms in total. The Morgan fingerprint density at radius 2 is 1.85 bits per heavy atom. The number of nitrogens with one attached hydrogen (secondary N) is 1. The van der Waals surface area contributed by atoms with Gasteiger partial charge in [0.15, 0.2) is 0 Å². The molecule has 2 aromatic rings. The van der Waals surface area contributed by atoms with Gasteiger partial charge in [-0.25, -0.2) is 4.98 Å². The van der Waals surface area contributed by atoms with Crippen molar-refractivity contribution < 1.29 is 4.74 Å². The molecule has 1 aromatic heterocycles. The molecule has 0 aliphatic carbocycles. The van der Waals surface area contributed by atoms with Crippen LogP contribution in [0, 0.1) is 6.92 Å². The normalized spacial score (nSPS) is 15.2. The minimum atomic E-state index is 0.669. The third-order valence-corrected chi connectivity index (χ3v) is 3.49. The molecule has 0 bridgehead atoms. The Kier molecular flexibility index (Phi) is 3.83. The maximum Gasteiger partial charge on any atom is 0.222 e. The summed E-state index contributed by atoms with van der Waals surface area (Å²) in [6.45, 7) is 6.20. The Morgan fingerprint density at radius 1 is 1.10 bits per heavy atom. The average molecular weight is 269 g/mol. The maximum atomic E-state index is 5.81. The van der Waals surface area contributed by atoms with Crippen LogP contribution in [0.1, 0.15) is 5.56 Å². The zero-order valence-electron chi connectivity index (χ0n) is 11.7. The highest BCUT2D eigenvalue weighted by Crippen LogP contribution is 2.25. The van der Waals surface area contributed by atoms with E-state index in [1.807, 2.05) is 31.2 Å². The molecule has 1 aliphatic rings. The van der Waals surface area contributed by atoms with E-state index in [2.05, 4.69) is 27.3 Å². The Morgan fingerprint density at radius 3 is 2.55 bits per heavy atom. The smallest absolute Gasteiger partial charge is 0.222 e. The van der Waals surface area contributed by atoms with Crippen molar-refractivity contribution in [1.82, 2.24) is 10.3 Å². The fourth-order valence-corrected chi connectivity index (χ4v) is 2.34. The van der Waals surface area contributed by atoms with Gasteiger partial charge in [-0.15, -0.1) is 0 Å². The molecule has 20 heavy (non-hydrogen) atoms. The van der Waals surface area contributed by atoms with Crippen molar-refractivity contribution in [2.45, 2.75) is 6.92 Å². The van der Waals surface area contributed by atoms with Crippen molar-refractivity contribution in [2.75, 3.05) is 31.1 Å². The predicted molar refractivity (Wildman–Crippen MR) is 80.6 cm³/mol. The number of hydrogen-bond donors (Lipinski definition) is 1. The van der Waals surface area contributed by atoms with Gasteiger partial charge in [-0.2, -0.15) is 0 Å². The number of aryl methyl sites for hydroxylation is 1. The minimum absolute atomic E-state index is 0.669. The van der Waals surface area contributed by atoms with E-state index in [9.17, 15) is 0 Å². The lowest BCUT2D eigenvalue weighted by atomic mass is 10.2. The molecule has 1 N–H and O–H groups in total. The van der Waals surface area contributed by atoms with Gasteiger partial charge in [-0.1, -0.05) is 6.07 Å². The van der Waals surface area contributed by atoms with Crippen molar-refractivity contribution in [1.29, 1.82) is 0 Å². The summed E-state index contributed by atoms with van der Waals surface area (Å²) in [5.41, 5.74) is 2.29. The van der Waals surface area contributed by atoms with E-state index in [1.54, 1.807) is 6.20 Å². The van der Waals surface area contributed by atoms with E-state index in [0.29, 0.717) is 5.88 Å². The van der Waals surface area contributed by atoms with Gasteiger partial charge in [0.05, 0.1) is 0 Å². The van der Waals surface area contributed by atoms with Crippen LogP contribution in [0.25, 0.3) is 0 Å². The molecule has 0 spiro atoms. The van der Waals surface area contributed by atoms with Crippen molar-refractivity contribution >= 4 is 5.69 Å². The summed E-state index contributed by atoms with van der Waals surface area (Å²) < 4.78 is 5.81. The van der Waals surface area contributed by atoms with Crippen LogP contribution in [0.3, 0.4) is 0 Å². The summed E-state index contributed by atoms with van der Waals surface area (Å²) >= 11 is 0. The fraction of sp³-hybridized carbons (Fsp3) is 0.312. The third-order valence-electron chi connectivity index (χ3n) is 3.49. The third kappa shape index (κ3) is 2.91. The SMILES string of the molecule is Cc1cccnc1Oc1ccc(N2CCNCC2)cc1. The van der Waals surface area contributed by atoms with Crippen molar-refractivity contribution in [3.8, 4) is 11.6 Å². The number of nitrogens with zero attached hydrogens (tertiary/aromatic N) is 2. The molecule has 1 saturated heterocycles. The highest BCUT2D eigenvalue weighted by atomic mass is 16.5. The largest absolute Gasteiger partial charge is 0.439 e. The van der Waals surface area contributed by atoms with Crippen LogP contribution < -0.4 is 15.0 Å². The number of hydrogen-bond acceptors (Lipinski definition) is 4. The van der Waals surface area contributed by atoms with Crippen LogP contribution in [-0.4, -0.2) is 31.2 Å². The summed E-state index contributed by atoms with van der Waals surface area (Å²) in [6.07, 6.45) is 1.75. The lowest BCUT2D eigenvalue weighted by Gasteiger charge is -2.29. The topological polar surface area (TPSA) is 37.4 Å². The van der Waals surface area contributed by atoms with Gasteiger partial charge in [0.1, 0.15) is 5.75 Å². The second kappa shape index (κ2) is 5.92. The summed E-state index contributed by atoms with van der Waals surface area (Å²) in [6, 6.07) is 12.1. The molecular formula is C16H19N3O. The lowest BCUT2D eigenvalue weighted by molar-refractivity contribution is 0.459. The van der Waals surface area contributed by atoms with E-state index in [-0.39, 0.29) is 0 Å². The number of aromatic nitrogens is 1. The molecule has 1 fully saturated rings. The molecule has 1 aliphatic heterocycles. The summed E-state index contributed by atoms with van der Waals surface area (Å²) in [4.78, 5) is 6.63. The van der Waals surface area contributed by atoms with Gasteiger partial charge < -0.3 is 15.0 Å². The van der Waals surface area contributed by atoms with E-state index < -0.39 is 0 Å². The first-order valence-electron chi connectivity index (χ1n) is 6.98. The Labute approximate surface area is 119 Å². The molecule has 3 rings (SSSR count). The molecule has 0 unspecified atom stereocenters. The van der Waals surface area contributed by atoms with E-state index in [4.69, 9.17) is 4.74 Å². The van der Waals surface area contributed by atoms with E-state index in [0.717, 1.165) is 37.5 Å². The van der Waals surface area contributed by atoms with Gasteiger partial charge in [0.25, 0.3) is 0 Å². The molecular weight excluding hydrogens is 250 g/mol. The first kappa shape index (κ1) is 12.9. The quantitative estimate of drug-likeness (QED) is 0.929. The van der Waals surface area contributed by atoms with Gasteiger partial charge in [-0.3, -0.25) is 0 Å². The van der Waals surface area contributed by atoms with Crippen LogP contribution in [0.15, 0.2) is 42.6 Å². The first-order chi connectivity index (χ1) is 9.83. The summed E-state index contributed by atoms with van der Waals surface area (Å²) in [5, 5.41) is 3.36. The number of piperazine rings is 1. The van der Waals surface area contributed by atoms with Gasteiger partial charge in [0, 0.05) is 43.6 Å². The molecule has 0 saturated carbocycles. The summed E-state index contributed by atoms with van der Waals surface area (Å²) in [7, 11) is 0. The van der Waals surface area contributed by atoms with Crippen LogP contribution in [-0.2, 0) is 0 Å². The van der Waals surface area contributed by atoms with Crippen LogP contribution in [0.4, 0.5) is 5.69 Å². The molecule has 1 aromatic carbocycles. The number of anilines is 1. The molecule has 4 heteroatoms. The van der Waals surface area contributed by atoms with Crippen molar-refractivity contribution in [3.63, 3.8) is 0 Å². The monoisotopic (exact) mass is 269 g/mol. The van der Waals surface area contributed by atoms with E-state index in [1.165, 1.54) is 5.69 Å². The standard InChI is InChI=1S/C16H19N3O/c1-13-3-2-8-18-16(13)20-15-6-4-14(5-7-15)19-11-9-17-10-12-19/h2-8,17H,9-12H2,1H3. The second-order valence-electron chi connectivity index (χ2n) is 4.96. The minimum Gasteiger partial charge on any atom is -0.439 e. The Balaban J connectivity index is 1.71. The maximum absolute atomic E-state index is 5.81.